The molecule has 6 rings (SSSR count). The molecule has 0 bridgehead atoms. The van der Waals surface area contributed by atoms with E-state index in [9.17, 15) is 4.79 Å². The van der Waals surface area contributed by atoms with Crippen molar-refractivity contribution >= 4 is 39.8 Å². The van der Waals surface area contributed by atoms with Crippen LogP contribution in [-0.4, -0.2) is 70.7 Å². The molecule has 0 atom stereocenters. The molecule has 1 amide bonds. The number of hydrogen-bond acceptors (Lipinski definition) is 6. The average Bonchev–Trinajstić information content (AvgIpc) is 3.28. The number of benzene rings is 1. The number of para-hydroxylation sites is 1. The van der Waals surface area contributed by atoms with E-state index in [-0.39, 0.29) is 11.9 Å². The number of pyridine rings is 2. The maximum Gasteiger partial charge on any atom is 0.252 e. The number of hydrogen-bond donors (Lipinski definition) is 1. The Morgan fingerprint density at radius 3 is 2.80 bits per heavy atom. The standard InChI is InChI=1S/C27H29ClN6O/c1-33-11-7-17(8-12-33)31-27(35)25-19-4-2-3-5-22(19)32-24-9-13-34(16-21(24)25)15-18-14-20-23(30-18)6-10-29-26(20)28/h2-6,10,17H,7-9,11-16H2,1H3,(H,31,35). The van der Waals surface area contributed by atoms with Crippen molar-refractivity contribution in [1.29, 1.82) is 0 Å². The number of nitrogens with one attached hydrogen (secondary N) is 1. The van der Waals surface area contributed by atoms with E-state index in [1.807, 2.05) is 30.3 Å². The first-order chi connectivity index (χ1) is 17.0. The molecule has 1 saturated heterocycles. The number of halogens is 1. The summed E-state index contributed by atoms with van der Waals surface area (Å²) in [5.41, 5.74) is 6.79. The Morgan fingerprint density at radius 1 is 1.14 bits per heavy atom. The molecular formula is C27H29ClN6O. The highest BCUT2D eigenvalue weighted by atomic mass is 35.5. The van der Waals surface area contributed by atoms with Gasteiger partial charge in [-0.15, -0.1) is 0 Å². The van der Waals surface area contributed by atoms with Crippen molar-refractivity contribution in [2.75, 3.05) is 33.2 Å². The minimum atomic E-state index is 0.0275. The Bertz CT molecular complexity index is 1330. The van der Waals surface area contributed by atoms with Crippen molar-refractivity contribution in [3.63, 3.8) is 0 Å². The Labute approximate surface area is 210 Å². The van der Waals surface area contributed by atoms with Gasteiger partial charge in [-0.2, -0.15) is 0 Å². The molecule has 7 nitrogen and oxygen atoms in total. The lowest BCUT2D eigenvalue weighted by Crippen LogP contribution is -2.44. The summed E-state index contributed by atoms with van der Waals surface area (Å²) in [4.78, 5) is 32.3. The highest BCUT2D eigenvalue weighted by Gasteiger charge is 2.29. The topological polar surface area (TPSA) is 73.7 Å². The third-order valence-electron chi connectivity index (χ3n) is 7.45. The minimum Gasteiger partial charge on any atom is -0.349 e. The summed E-state index contributed by atoms with van der Waals surface area (Å²) >= 11 is 6.29. The van der Waals surface area contributed by atoms with Crippen LogP contribution in [0.3, 0.4) is 0 Å². The molecule has 1 fully saturated rings. The number of aromatic nitrogens is 2. The van der Waals surface area contributed by atoms with Gasteiger partial charge in [0.25, 0.3) is 5.91 Å². The van der Waals surface area contributed by atoms with Gasteiger partial charge >= 0.3 is 0 Å². The third-order valence-corrected chi connectivity index (χ3v) is 7.78. The van der Waals surface area contributed by atoms with Gasteiger partial charge in [0.2, 0.25) is 0 Å². The van der Waals surface area contributed by atoms with Crippen LogP contribution in [0.4, 0.5) is 5.69 Å². The van der Waals surface area contributed by atoms with E-state index >= 15 is 0 Å². The van der Waals surface area contributed by atoms with E-state index in [4.69, 9.17) is 21.6 Å². The summed E-state index contributed by atoms with van der Waals surface area (Å²) in [5, 5.41) is 4.82. The number of aliphatic imine (C=N–C) groups is 1. The van der Waals surface area contributed by atoms with E-state index in [1.54, 1.807) is 6.20 Å². The Hall–Kier alpha value is -2.87. The lowest BCUT2D eigenvalue weighted by molar-refractivity contribution is 0.0916. The molecule has 180 valence electrons. The first kappa shape index (κ1) is 22.6. The predicted molar refractivity (Wildman–Crippen MR) is 139 cm³/mol. The summed E-state index contributed by atoms with van der Waals surface area (Å²) in [5.74, 6) is 0.0275. The van der Waals surface area contributed by atoms with E-state index in [2.05, 4.69) is 27.1 Å². The van der Waals surface area contributed by atoms with Gasteiger partial charge in [0.1, 0.15) is 5.15 Å². The Kier molecular flexibility index (Phi) is 6.00. The second-order valence-electron chi connectivity index (χ2n) is 9.90. The van der Waals surface area contributed by atoms with Gasteiger partial charge in [-0.3, -0.25) is 19.7 Å². The van der Waals surface area contributed by atoms with Crippen LogP contribution < -0.4 is 5.32 Å². The number of fused-ring (bicyclic) bond motifs is 3. The van der Waals surface area contributed by atoms with Gasteiger partial charge in [0, 0.05) is 72.6 Å². The molecule has 3 aliphatic heterocycles. The normalized spacial score (nSPS) is 18.9. The number of carbonyl (C=O) groups is 1. The quantitative estimate of drug-likeness (QED) is 0.565. The van der Waals surface area contributed by atoms with Crippen LogP contribution in [0.5, 0.6) is 0 Å². The van der Waals surface area contributed by atoms with Crippen LogP contribution in [-0.2, 0) is 19.4 Å². The summed E-state index contributed by atoms with van der Waals surface area (Å²) in [6.07, 6.45) is 5.22. The lowest BCUT2D eigenvalue weighted by Gasteiger charge is -2.32. The van der Waals surface area contributed by atoms with Crippen LogP contribution >= 0.6 is 11.6 Å². The van der Waals surface area contributed by atoms with Crippen molar-refractivity contribution in [2.24, 2.45) is 4.99 Å². The van der Waals surface area contributed by atoms with E-state index in [1.165, 1.54) is 0 Å². The minimum absolute atomic E-state index is 0.0275. The molecule has 3 aromatic rings. The van der Waals surface area contributed by atoms with Crippen molar-refractivity contribution in [2.45, 2.75) is 38.3 Å². The fourth-order valence-electron chi connectivity index (χ4n) is 5.54. The van der Waals surface area contributed by atoms with E-state index in [0.717, 1.165) is 96.5 Å². The Balaban J connectivity index is 1.27. The van der Waals surface area contributed by atoms with Gasteiger partial charge in [-0.1, -0.05) is 29.8 Å². The number of amides is 1. The smallest absolute Gasteiger partial charge is 0.252 e. The monoisotopic (exact) mass is 488 g/mol. The third kappa shape index (κ3) is 4.44. The molecule has 5 heterocycles. The maximum absolute atomic E-state index is 13.7. The van der Waals surface area contributed by atoms with Crippen molar-refractivity contribution < 1.29 is 4.79 Å². The van der Waals surface area contributed by atoms with Crippen LogP contribution in [0.15, 0.2) is 41.5 Å². The van der Waals surface area contributed by atoms with Crippen LogP contribution in [0.2, 0.25) is 5.15 Å². The van der Waals surface area contributed by atoms with Gasteiger partial charge in [0.05, 0.1) is 16.8 Å². The summed E-state index contributed by atoms with van der Waals surface area (Å²) < 4.78 is 0. The van der Waals surface area contributed by atoms with E-state index in [0.29, 0.717) is 11.7 Å². The highest BCUT2D eigenvalue weighted by Crippen LogP contribution is 2.32. The molecule has 1 N–H and O–H groups in total. The molecule has 2 aromatic heterocycles. The number of rotatable bonds is 4. The summed E-state index contributed by atoms with van der Waals surface area (Å²) in [7, 11) is 2.14. The average molecular weight is 489 g/mol. The lowest BCUT2D eigenvalue weighted by atomic mass is 9.94. The van der Waals surface area contributed by atoms with Gasteiger partial charge < -0.3 is 10.2 Å². The first-order valence-corrected chi connectivity index (χ1v) is 12.7. The molecule has 8 heteroatoms. The molecule has 0 radical (unpaired) electrons. The molecule has 0 unspecified atom stereocenters. The fourth-order valence-corrected chi connectivity index (χ4v) is 5.76. The number of piperidine rings is 1. The highest BCUT2D eigenvalue weighted by molar-refractivity contribution is 6.31. The summed E-state index contributed by atoms with van der Waals surface area (Å²) in [6, 6.07) is 10.2. The van der Waals surface area contributed by atoms with Crippen molar-refractivity contribution in [1.82, 2.24) is 25.1 Å². The first-order valence-electron chi connectivity index (χ1n) is 12.4. The maximum atomic E-state index is 13.7. The zero-order chi connectivity index (χ0) is 23.9. The second kappa shape index (κ2) is 9.30. The molecular weight excluding hydrogens is 460 g/mol. The van der Waals surface area contributed by atoms with Crippen LogP contribution in [0.1, 0.15) is 40.0 Å². The number of nitrogens with zero attached hydrogens (tertiary/aromatic N) is 5. The zero-order valence-corrected chi connectivity index (χ0v) is 20.7. The molecule has 0 spiro atoms. The van der Waals surface area contributed by atoms with Crippen molar-refractivity contribution in [3.8, 4) is 0 Å². The molecule has 35 heavy (non-hydrogen) atoms. The molecule has 0 aliphatic carbocycles. The zero-order valence-electron chi connectivity index (χ0n) is 19.9. The van der Waals surface area contributed by atoms with Crippen molar-refractivity contribution in [3.05, 3.63) is 64.1 Å². The summed E-state index contributed by atoms with van der Waals surface area (Å²) in [6.45, 7) is 4.34. The number of carbonyl (C=O) groups excluding carboxylic acids is 1. The van der Waals surface area contributed by atoms with Crippen LogP contribution in [0.25, 0.3) is 10.9 Å². The Morgan fingerprint density at radius 2 is 1.97 bits per heavy atom. The van der Waals surface area contributed by atoms with E-state index < -0.39 is 0 Å². The number of likely N-dealkylation sites (tertiary alicyclic amines) is 1. The van der Waals surface area contributed by atoms with Gasteiger partial charge in [0.15, 0.2) is 0 Å². The van der Waals surface area contributed by atoms with Crippen LogP contribution in [0, 0.1) is 0 Å². The fraction of sp³-hybridized carbons (Fsp3) is 0.407. The second-order valence-corrected chi connectivity index (χ2v) is 10.3. The largest absolute Gasteiger partial charge is 0.349 e. The molecule has 0 saturated carbocycles. The molecule has 3 aliphatic rings. The predicted octanol–water partition coefficient (Wildman–Crippen LogP) is 3.79. The SMILES string of the molecule is CN1CCC(NC(=O)c2c3c(nc4ccccc24)CCN(CC2=Nc4ccnc(Cl)c4C2)C3)CC1. The van der Waals surface area contributed by atoms with Gasteiger partial charge in [-0.25, -0.2) is 4.98 Å². The van der Waals surface area contributed by atoms with Gasteiger partial charge in [-0.05, 0) is 45.1 Å². The molecule has 1 aromatic carbocycles.